The van der Waals surface area contributed by atoms with Gasteiger partial charge in [-0.3, -0.25) is 4.68 Å². The van der Waals surface area contributed by atoms with E-state index >= 15 is 0 Å². The first-order valence-corrected chi connectivity index (χ1v) is 6.09. The van der Waals surface area contributed by atoms with Gasteiger partial charge in [0.15, 0.2) is 0 Å². The van der Waals surface area contributed by atoms with Crippen molar-refractivity contribution in [2.24, 2.45) is 7.05 Å². The first-order chi connectivity index (χ1) is 8.06. The summed E-state index contributed by atoms with van der Waals surface area (Å²) in [7, 11) is 1.85. The highest BCUT2D eigenvalue weighted by Gasteiger charge is 2.08. The zero-order valence-electron chi connectivity index (χ0n) is 9.04. The smallest absolute Gasteiger partial charge is 0.125 e. The van der Waals surface area contributed by atoms with Crippen LogP contribution < -0.4 is 5.32 Å². The number of nitrogens with one attached hydrogen (secondary N) is 1. The Labute approximate surface area is 112 Å². The summed E-state index contributed by atoms with van der Waals surface area (Å²) in [6.07, 6.45) is 3.66. The van der Waals surface area contributed by atoms with Crippen LogP contribution in [-0.4, -0.2) is 9.78 Å². The van der Waals surface area contributed by atoms with E-state index in [1.807, 2.05) is 13.2 Å². The fourth-order valence-electron chi connectivity index (χ4n) is 1.46. The second-order valence-electron chi connectivity index (χ2n) is 3.62. The van der Waals surface area contributed by atoms with Crippen LogP contribution in [0.1, 0.15) is 5.56 Å². The molecule has 0 aliphatic rings. The van der Waals surface area contributed by atoms with Gasteiger partial charge in [-0.15, -0.1) is 0 Å². The molecule has 0 amide bonds. The maximum atomic E-state index is 13.0. The van der Waals surface area contributed by atoms with Gasteiger partial charge in [-0.2, -0.15) is 5.10 Å². The van der Waals surface area contributed by atoms with Crippen molar-refractivity contribution in [1.82, 2.24) is 9.78 Å². The van der Waals surface area contributed by atoms with Crippen molar-refractivity contribution in [2.75, 3.05) is 5.32 Å². The van der Waals surface area contributed by atoms with Crippen molar-refractivity contribution in [3.63, 3.8) is 0 Å². The minimum absolute atomic E-state index is 0.348. The lowest BCUT2D eigenvalue weighted by Crippen LogP contribution is -2.00. The first kappa shape index (κ1) is 12.4. The molecule has 1 N–H and O–H groups in total. The van der Waals surface area contributed by atoms with E-state index in [9.17, 15) is 4.39 Å². The highest BCUT2D eigenvalue weighted by atomic mass is 79.9. The number of anilines is 1. The molecule has 3 nitrogen and oxygen atoms in total. The number of rotatable bonds is 3. The van der Waals surface area contributed by atoms with Crippen LogP contribution in [0.15, 0.2) is 29.0 Å². The number of aryl methyl sites for hydroxylation is 1. The summed E-state index contributed by atoms with van der Waals surface area (Å²) in [4.78, 5) is 0. The Morgan fingerprint density at radius 2 is 2.29 bits per heavy atom. The maximum Gasteiger partial charge on any atom is 0.125 e. The molecular weight excluding hydrogens is 308 g/mol. The van der Waals surface area contributed by atoms with E-state index in [1.54, 1.807) is 10.9 Å². The van der Waals surface area contributed by atoms with Crippen molar-refractivity contribution >= 4 is 33.2 Å². The van der Waals surface area contributed by atoms with Gasteiger partial charge in [-0.25, -0.2) is 4.39 Å². The Morgan fingerprint density at radius 3 is 2.88 bits per heavy atom. The van der Waals surface area contributed by atoms with Gasteiger partial charge >= 0.3 is 0 Å². The molecule has 0 spiro atoms. The number of hydrogen-bond donors (Lipinski definition) is 1. The molecule has 0 aliphatic heterocycles. The number of hydrogen-bond acceptors (Lipinski definition) is 2. The quantitative estimate of drug-likeness (QED) is 0.937. The van der Waals surface area contributed by atoms with Gasteiger partial charge in [0, 0.05) is 29.8 Å². The molecule has 0 saturated heterocycles. The van der Waals surface area contributed by atoms with E-state index in [0.717, 1.165) is 5.56 Å². The summed E-state index contributed by atoms with van der Waals surface area (Å²) in [5.41, 5.74) is 1.71. The Morgan fingerprint density at radius 1 is 1.53 bits per heavy atom. The summed E-state index contributed by atoms with van der Waals surface area (Å²) in [6, 6.07) is 2.65. The molecule has 2 aromatic rings. The van der Waals surface area contributed by atoms with Crippen LogP contribution in [0.2, 0.25) is 5.02 Å². The second kappa shape index (κ2) is 5.06. The normalized spacial score (nSPS) is 10.6. The predicted molar refractivity (Wildman–Crippen MR) is 69.6 cm³/mol. The Hall–Kier alpha value is -1.07. The van der Waals surface area contributed by atoms with Crippen LogP contribution in [0.25, 0.3) is 0 Å². The van der Waals surface area contributed by atoms with Gasteiger partial charge < -0.3 is 5.32 Å². The summed E-state index contributed by atoms with van der Waals surface area (Å²) >= 11 is 9.22. The molecule has 0 bridgehead atoms. The van der Waals surface area contributed by atoms with E-state index in [4.69, 9.17) is 11.6 Å². The molecule has 0 fully saturated rings. The molecule has 0 unspecified atom stereocenters. The zero-order chi connectivity index (χ0) is 12.4. The molecule has 0 saturated carbocycles. The summed E-state index contributed by atoms with van der Waals surface area (Å²) in [5, 5.41) is 7.55. The van der Waals surface area contributed by atoms with Crippen molar-refractivity contribution in [3.8, 4) is 0 Å². The van der Waals surface area contributed by atoms with Crippen molar-refractivity contribution in [2.45, 2.75) is 6.54 Å². The van der Waals surface area contributed by atoms with Crippen LogP contribution in [0.3, 0.4) is 0 Å². The molecule has 0 radical (unpaired) electrons. The molecule has 0 aliphatic carbocycles. The molecule has 1 aromatic carbocycles. The van der Waals surface area contributed by atoms with Crippen LogP contribution in [-0.2, 0) is 13.6 Å². The average molecular weight is 319 g/mol. The molecule has 0 atom stereocenters. The molecule has 2 rings (SSSR count). The monoisotopic (exact) mass is 317 g/mol. The molecule has 6 heteroatoms. The summed E-state index contributed by atoms with van der Waals surface area (Å²) < 4.78 is 15.3. The third kappa shape index (κ3) is 2.98. The van der Waals surface area contributed by atoms with Gasteiger partial charge in [-0.1, -0.05) is 11.6 Å². The van der Waals surface area contributed by atoms with E-state index in [2.05, 4.69) is 26.3 Å². The SMILES string of the molecule is Cn1cc(CNc2c(Cl)cc(F)cc2Br)cn1. The number of benzene rings is 1. The zero-order valence-corrected chi connectivity index (χ0v) is 11.4. The van der Waals surface area contributed by atoms with Crippen LogP contribution in [0.4, 0.5) is 10.1 Å². The lowest BCUT2D eigenvalue weighted by molar-refractivity contribution is 0.627. The first-order valence-electron chi connectivity index (χ1n) is 4.92. The van der Waals surface area contributed by atoms with Crippen LogP contribution in [0.5, 0.6) is 0 Å². The fraction of sp³-hybridized carbons (Fsp3) is 0.182. The minimum atomic E-state index is -0.367. The van der Waals surface area contributed by atoms with Gasteiger partial charge in [0.25, 0.3) is 0 Å². The lowest BCUT2D eigenvalue weighted by Gasteiger charge is -2.09. The van der Waals surface area contributed by atoms with E-state index in [1.165, 1.54) is 12.1 Å². The van der Waals surface area contributed by atoms with Crippen molar-refractivity contribution < 1.29 is 4.39 Å². The molecular formula is C11H10BrClFN3. The van der Waals surface area contributed by atoms with Crippen LogP contribution >= 0.6 is 27.5 Å². The number of halogens is 3. The van der Waals surface area contributed by atoms with E-state index in [0.29, 0.717) is 21.7 Å². The van der Waals surface area contributed by atoms with Gasteiger partial charge in [0.05, 0.1) is 16.9 Å². The molecule has 1 aromatic heterocycles. The summed E-state index contributed by atoms with van der Waals surface area (Å²) in [5.74, 6) is -0.367. The van der Waals surface area contributed by atoms with Gasteiger partial charge in [0.2, 0.25) is 0 Å². The lowest BCUT2D eigenvalue weighted by atomic mass is 10.3. The number of nitrogens with zero attached hydrogens (tertiary/aromatic N) is 2. The highest BCUT2D eigenvalue weighted by molar-refractivity contribution is 9.10. The largest absolute Gasteiger partial charge is 0.379 e. The second-order valence-corrected chi connectivity index (χ2v) is 4.88. The predicted octanol–water partition coefficient (Wildman–Crippen LogP) is 3.59. The Balaban J connectivity index is 2.14. The van der Waals surface area contributed by atoms with Gasteiger partial charge in [0.1, 0.15) is 5.82 Å². The van der Waals surface area contributed by atoms with E-state index in [-0.39, 0.29) is 5.82 Å². The Kier molecular flexibility index (Phi) is 3.69. The van der Waals surface area contributed by atoms with Crippen molar-refractivity contribution in [3.05, 3.63) is 45.4 Å². The standard InChI is InChI=1S/C11H10BrClFN3/c1-17-6-7(5-16-17)4-15-11-9(12)2-8(14)3-10(11)13/h2-3,5-6,15H,4H2,1H3. The van der Waals surface area contributed by atoms with E-state index < -0.39 is 0 Å². The topological polar surface area (TPSA) is 29.9 Å². The maximum absolute atomic E-state index is 13.0. The highest BCUT2D eigenvalue weighted by Crippen LogP contribution is 2.31. The van der Waals surface area contributed by atoms with Crippen molar-refractivity contribution in [1.29, 1.82) is 0 Å². The molecule has 1 heterocycles. The Bertz CT molecular complexity index is 518. The van der Waals surface area contributed by atoms with Crippen LogP contribution in [0, 0.1) is 5.82 Å². The minimum Gasteiger partial charge on any atom is -0.379 e. The molecule has 17 heavy (non-hydrogen) atoms. The fourth-order valence-corrected chi connectivity index (χ4v) is 2.42. The third-order valence-electron chi connectivity index (χ3n) is 2.23. The summed E-state index contributed by atoms with van der Waals surface area (Å²) in [6.45, 7) is 0.581. The molecule has 90 valence electrons. The average Bonchev–Trinajstić information content (AvgIpc) is 2.62. The number of aromatic nitrogens is 2. The third-order valence-corrected chi connectivity index (χ3v) is 3.16. The van der Waals surface area contributed by atoms with Gasteiger partial charge in [-0.05, 0) is 28.1 Å².